The van der Waals surface area contributed by atoms with E-state index in [9.17, 15) is 4.39 Å². The Balaban J connectivity index is 2.30. The van der Waals surface area contributed by atoms with E-state index >= 15 is 0 Å². The fourth-order valence-electron chi connectivity index (χ4n) is 1.43. The molecular weight excluding hydrogens is 239 g/mol. The van der Waals surface area contributed by atoms with Gasteiger partial charge in [0.15, 0.2) is 5.82 Å². The van der Waals surface area contributed by atoms with Crippen molar-refractivity contribution in [3.63, 3.8) is 0 Å². The zero-order valence-corrected chi connectivity index (χ0v) is 9.91. The molecule has 2 aromatic rings. The van der Waals surface area contributed by atoms with E-state index in [0.717, 1.165) is 5.69 Å². The second kappa shape index (κ2) is 4.95. The van der Waals surface area contributed by atoms with Crippen molar-refractivity contribution in [2.45, 2.75) is 13.5 Å². The number of hydrogen-bond acceptors (Lipinski definition) is 4. The Bertz CT molecular complexity index is 587. The van der Waals surface area contributed by atoms with Gasteiger partial charge in [-0.05, 0) is 31.3 Å². The minimum atomic E-state index is -0.345. The lowest BCUT2D eigenvalue weighted by Crippen LogP contribution is -2.07. The van der Waals surface area contributed by atoms with Crippen LogP contribution in [-0.2, 0) is 6.54 Å². The summed E-state index contributed by atoms with van der Waals surface area (Å²) in [6.45, 7) is 2.13. The third-order valence-electron chi connectivity index (χ3n) is 2.26. The summed E-state index contributed by atoms with van der Waals surface area (Å²) in [5.74, 6) is 0.121. The number of nitrogens with zero attached hydrogens (tertiary/aromatic N) is 4. The van der Waals surface area contributed by atoms with Crippen molar-refractivity contribution in [3.8, 4) is 0 Å². The lowest BCUT2D eigenvalue weighted by molar-refractivity contribution is 0.566. The third-order valence-corrected chi connectivity index (χ3v) is 2.35. The molecule has 0 saturated heterocycles. The molecule has 0 N–H and O–H groups in total. The van der Waals surface area contributed by atoms with Crippen LogP contribution < -0.4 is 0 Å². The number of thiocarbonyl (C=S) groups is 1. The number of aromatic nitrogens is 3. The normalized spacial score (nSPS) is 10.0. The maximum Gasteiger partial charge on any atom is 0.184 e. The fourth-order valence-corrected chi connectivity index (χ4v) is 1.52. The lowest BCUT2D eigenvalue weighted by atomic mass is 10.3. The first-order valence-electron chi connectivity index (χ1n) is 4.92. The van der Waals surface area contributed by atoms with Crippen LogP contribution in [0.2, 0.25) is 0 Å². The fraction of sp³-hybridized carbons (Fsp3) is 0.182. The molecule has 0 saturated carbocycles. The first kappa shape index (κ1) is 11.6. The monoisotopic (exact) mass is 248 g/mol. The van der Waals surface area contributed by atoms with E-state index in [2.05, 4.69) is 32.5 Å². The highest BCUT2D eigenvalue weighted by molar-refractivity contribution is 7.78. The second-order valence-corrected chi connectivity index (χ2v) is 3.62. The largest absolute Gasteiger partial charge is 0.262 e. The molecule has 0 aliphatic rings. The number of aryl methyl sites for hydroxylation is 1. The van der Waals surface area contributed by atoms with Crippen LogP contribution in [0.1, 0.15) is 11.4 Å². The van der Waals surface area contributed by atoms with Crippen LogP contribution in [0.15, 0.2) is 29.4 Å². The molecule has 0 amide bonds. The summed E-state index contributed by atoms with van der Waals surface area (Å²) in [5.41, 5.74) is 1.20. The van der Waals surface area contributed by atoms with Gasteiger partial charge in [-0.3, -0.25) is 9.67 Å². The Morgan fingerprint density at radius 1 is 1.59 bits per heavy atom. The Kier molecular flexibility index (Phi) is 3.37. The van der Waals surface area contributed by atoms with Crippen molar-refractivity contribution in [1.29, 1.82) is 0 Å². The molecule has 2 aromatic heterocycles. The summed E-state index contributed by atoms with van der Waals surface area (Å²) < 4.78 is 15.0. The van der Waals surface area contributed by atoms with Gasteiger partial charge in [-0.2, -0.15) is 10.1 Å². The van der Waals surface area contributed by atoms with Crippen molar-refractivity contribution in [3.05, 3.63) is 41.6 Å². The van der Waals surface area contributed by atoms with Crippen LogP contribution >= 0.6 is 12.2 Å². The highest BCUT2D eigenvalue weighted by atomic mass is 32.1. The summed E-state index contributed by atoms with van der Waals surface area (Å²) in [6, 6.07) is 4.67. The minimum absolute atomic E-state index is 0.269. The molecule has 0 radical (unpaired) electrons. The number of rotatable bonds is 3. The van der Waals surface area contributed by atoms with Crippen molar-refractivity contribution >= 4 is 23.2 Å². The summed E-state index contributed by atoms with van der Waals surface area (Å²) >= 11 is 4.50. The molecule has 0 bridgehead atoms. The molecule has 0 aromatic carbocycles. The lowest BCUT2D eigenvalue weighted by Gasteiger charge is -2.03. The van der Waals surface area contributed by atoms with Gasteiger partial charge in [0, 0.05) is 18.0 Å². The van der Waals surface area contributed by atoms with Crippen LogP contribution in [0.5, 0.6) is 0 Å². The molecule has 17 heavy (non-hydrogen) atoms. The Morgan fingerprint density at radius 3 is 3.12 bits per heavy atom. The number of halogens is 1. The van der Waals surface area contributed by atoms with E-state index in [1.807, 2.05) is 6.92 Å². The molecule has 0 atom stereocenters. The van der Waals surface area contributed by atoms with E-state index in [4.69, 9.17) is 0 Å². The van der Waals surface area contributed by atoms with Crippen LogP contribution in [-0.4, -0.2) is 19.9 Å². The number of isothiocyanates is 1. The minimum Gasteiger partial charge on any atom is -0.262 e. The highest BCUT2D eigenvalue weighted by Gasteiger charge is 2.07. The summed E-state index contributed by atoms with van der Waals surface area (Å²) in [4.78, 5) is 7.74. The standard InChI is InChI=1S/C11H9FN4S/c1-8-5-11(14-7-17)15-16(8)6-10-9(12)3-2-4-13-10/h2-5H,6H2,1H3. The maximum atomic E-state index is 13.4. The number of hydrogen-bond donors (Lipinski definition) is 0. The average Bonchev–Trinajstić information content (AvgIpc) is 2.63. The zero-order chi connectivity index (χ0) is 12.3. The van der Waals surface area contributed by atoms with Gasteiger partial charge in [0.25, 0.3) is 0 Å². The van der Waals surface area contributed by atoms with Gasteiger partial charge in [0.05, 0.1) is 17.4 Å². The first-order valence-corrected chi connectivity index (χ1v) is 5.33. The molecule has 2 rings (SSSR count). The molecule has 2 heterocycles. The number of aliphatic imine (C=N–C) groups is 1. The predicted molar refractivity (Wildman–Crippen MR) is 64.9 cm³/mol. The highest BCUT2D eigenvalue weighted by Crippen LogP contribution is 2.13. The van der Waals surface area contributed by atoms with Gasteiger partial charge < -0.3 is 0 Å². The molecule has 86 valence electrons. The van der Waals surface area contributed by atoms with Crippen LogP contribution in [0, 0.1) is 12.7 Å². The molecule has 4 nitrogen and oxygen atoms in total. The Hall–Kier alpha value is -1.91. The van der Waals surface area contributed by atoms with Gasteiger partial charge >= 0.3 is 0 Å². The Labute approximate surface area is 103 Å². The maximum absolute atomic E-state index is 13.4. The second-order valence-electron chi connectivity index (χ2n) is 3.44. The van der Waals surface area contributed by atoms with E-state index in [1.54, 1.807) is 23.0 Å². The quantitative estimate of drug-likeness (QED) is 0.619. The summed E-state index contributed by atoms with van der Waals surface area (Å²) in [6.07, 6.45) is 1.55. The van der Waals surface area contributed by atoms with Crippen molar-refractivity contribution in [2.24, 2.45) is 4.99 Å². The van der Waals surface area contributed by atoms with Crippen LogP contribution in [0.3, 0.4) is 0 Å². The summed E-state index contributed by atoms with van der Waals surface area (Å²) in [5, 5.41) is 6.39. The summed E-state index contributed by atoms with van der Waals surface area (Å²) in [7, 11) is 0. The molecular formula is C11H9FN4S. The smallest absolute Gasteiger partial charge is 0.184 e. The van der Waals surface area contributed by atoms with E-state index in [1.165, 1.54) is 6.07 Å². The van der Waals surface area contributed by atoms with Gasteiger partial charge in [-0.15, -0.1) is 0 Å². The SMILES string of the molecule is Cc1cc(N=C=S)nn1Cc1ncccc1F. The number of pyridine rings is 1. The van der Waals surface area contributed by atoms with Crippen molar-refractivity contribution in [2.75, 3.05) is 0 Å². The predicted octanol–water partition coefficient (Wildman–Crippen LogP) is 2.51. The van der Waals surface area contributed by atoms with Crippen LogP contribution in [0.4, 0.5) is 10.2 Å². The third kappa shape index (κ3) is 2.61. The zero-order valence-electron chi connectivity index (χ0n) is 9.09. The van der Waals surface area contributed by atoms with Crippen molar-refractivity contribution in [1.82, 2.24) is 14.8 Å². The van der Waals surface area contributed by atoms with E-state index < -0.39 is 0 Å². The molecule has 0 aliphatic carbocycles. The topological polar surface area (TPSA) is 43.1 Å². The van der Waals surface area contributed by atoms with Gasteiger partial charge in [0.2, 0.25) is 0 Å². The molecule has 0 fully saturated rings. The van der Waals surface area contributed by atoms with E-state index in [0.29, 0.717) is 11.5 Å². The van der Waals surface area contributed by atoms with Gasteiger partial charge in [0.1, 0.15) is 5.82 Å². The van der Waals surface area contributed by atoms with Crippen molar-refractivity contribution < 1.29 is 4.39 Å². The molecule has 0 spiro atoms. The molecule has 0 unspecified atom stereocenters. The van der Waals surface area contributed by atoms with Gasteiger partial charge in [-0.1, -0.05) is 0 Å². The molecule has 0 aliphatic heterocycles. The Morgan fingerprint density at radius 2 is 2.41 bits per heavy atom. The first-order chi connectivity index (χ1) is 8.20. The van der Waals surface area contributed by atoms with Crippen LogP contribution in [0.25, 0.3) is 0 Å². The van der Waals surface area contributed by atoms with E-state index in [-0.39, 0.29) is 12.4 Å². The van der Waals surface area contributed by atoms with Gasteiger partial charge in [-0.25, -0.2) is 4.39 Å². The molecule has 6 heteroatoms. The average molecular weight is 248 g/mol.